The van der Waals surface area contributed by atoms with Gasteiger partial charge in [-0.15, -0.1) is 10.2 Å². The van der Waals surface area contributed by atoms with Gasteiger partial charge < -0.3 is 4.74 Å². The van der Waals surface area contributed by atoms with E-state index in [1.807, 2.05) is 96.4 Å². The van der Waals surface area contributed by atoms with Gasteiger partial charge >= 0.3 is 0 Å². The molecule has 4 aromatic rings. The van der Waals surface area contributed by atoms with Crippen molar-refractivity contribution in [2.75, 3.05) is 12.4 Å². The van der Waals surface area contributed by atoms with Crippen LogP contribution in [-0.4, -0.2) is 39.2 Å². The minimum atomic E-state index is -0.227. The Kier molecular flexibility index (Phi) is 7.50. The third-order valence-corrected chi connectivity index (χ3v) is 5.54. The number of ether oxygens (including phenoxy) is 1. The summed E-state index contributed by atoms with van der Waals surface area (Å²) in [5.74, 6) is 1.41. The third kappa shape index (κ3) is 5.87. The summed E-state index contributed by atoms with van der Waals surface area (Å²) in [5, 5.41) is 13.4. The molecule has 0 bridgehead atoms. The molecule has 0 atom stereocenters. The van der Waals surface area contributed by atoms with Crippen molar-refractivity contribution in [2.24, 2.45) is 5.10 Å². The van der Waals surface area contributed by atoms with Gasteiger partial charge in [0.1, 0.15) is 5.75 Å². The van der Waals surface area contributed by atoms with E-state index in [0.29, 0.717) is 17.6 Å². The van der Waals surface area contributed by atoms with Crippen molar-refractivity contribution in [2.45, 2.75) is 12.1 Å². The van der Waals surface area contributed by atoms with Crippen LogP contribution >= 0.6 is 11.8 Å². The lowest BCUT2D eigenvalue weighted by molar-refractivity contribution is -0.118. The van der Waals surface area contributed by atoms with Crippen LogP contribution in [-0.2, 0) is 4.79 Å². The molecule has 0 saturated carbocycles. The van der Waals surface area contributed by atoms with E-state index in [9.17, 15) is 4.79 Å². The second-order valence-electron chi connectivity index (χ2n) is 6.93. The van der Waals surface area contributed by atoms with Gasteiger partial charge in [0.2, 0.25) is 0 Å². The van der Waals surface area contributed by atoms with Crippen molar-refractivity contribution in [3.8, 4) is 22.8 Å². The number of hydrogen-bond donors (Lipinski definition) is 1. The fourth-order valence-corrected chi connectivity index (χ4v) is 3.85. The molecule has 0 saturated heterocycles. The first-order valence-corrected chi connectivity index (χ1v) is 11.5. The summed E-state index contributed by atoms with van der Waals surface area (Å²) in [6.07, 6.45) is 1.61. The number of rotatable bonds is 9. The predicted octanol–water partition coefficient (Wildman–Crippen LogP) is 4.58. The molecule has 33 heavy (non-hydrogen) atoms. The molecule has 1 amide bonds. The monoisotopic (exact) mass is 457 g/mol. The van der Waals surface area contributed by atoms with Gasteiger partial charge in [-0.05, 0) is 36.8 Å². The number of amides is 1. The largest absolute Gasteiger partial charge is 0.494 e. The van der Waals surface area contributed by atoms with Gasteiger partial charge in [-0.2, -0.15) is 5.10 Å². The van der Waals surface area contributed by atoms with Gasteiger partial charge in [0, 0.05) is 11.3 Å². The van der Waals surface area contributed by atoms with Crippen LogP contribution in [0, 0.1) is 0 Å². The lowest BCUT2D eigenvalue weighted by atomic mass is 10.2. The second-order valence-corrected chi connectivity index (χ2v) is 7.87. The SMILES string of the molecule is CCOc1ccc(-n2c(SCC(=O)N/N=C\c3ccccc3)nnc2-c2ccccc2)cc1. The summed E-state index contributed by atoms with van der Waals surface area (Å²) < 4.78 is 7.50. The van der Waals surface area contributed by atoms with E-state index in [1.54, 1.807) is 6.21 Å². The molecule has 8 heteroatoms. The van der Waals surface area contributed by atoms with Crippen LogP contribution in [0.3, 0.4) is 0 Å². The average Bonchev–Trinajstić information content (AvgIpc) is 3.29. The molecule has 1 heterocycles. The molecule has 1 N–H and O–H groups in total. The summed E-state index contributed by atoms with van der Waals surface area (Å²) in [5.41, 5.74) is 5.28. The Morgan fingerprint density at radius 1 is 1.00 bits per heavy atom. The molecule has 3 aromatic carbocycles. The maximum atomic E-state index is 12.3. The Balaban J connectivity index is 1.52. The van der Waals surface area contributed by atoms with Crippen molar-refractivity contribution >= 4 is 23.9 Å². The second kappa shape index (κ2) is 11.1. The Labute approximate surface area is 196 Å². The van der Waals surface area contributed by atoms with Gasteiger partial charge in [-0.25, -0.2) is 5.43 Å². The van der Waals surface area contributed by atoms with E-state index in [4.69, 9.17) is 4.74 Å². The van der Waals surface area contributed by atoms with Crippen LogP contribution in [0.1, 0.15) is 12.5 Å². The number of benzene rings is 3. The number of hydrazone groups is 1. The van der Waals surface area contributed by atoms with Crippen LogP contribution in [0.2, 0.25) is 0 Å². The van der Waals surface area contributed by atoms with Gasteiger partial charge in [0.05, 0.1) is 18.6 Å². The molecule has 0 unspecified atom stereocenters. The highest BCUT2D eigenvalue weighted by Crippen LogP contribution is 2.28. The molecular formula is C25H23N5O2S. The molecule has 4 rings (SSSR count). The van der Waals surface area contributed by atoms with E-state index in [0.717, 1.165) is 22.6 Å². The van der Waals surface area contributed by atoms with E-state index in [-0.39, 0.29) is 11.7 Å². The topological polar surface area (TPSA) is 81.4 Å². The van der Waals surface area contributed by atoms with Crippen LogP contribution in [0.5, 0.6) is 5.75 Å². The van der Waals surface area contributed by atoms with E-state index in [1.165, 1.54) is 11.8 Å². The van der Waals surface area contributed by atoms with Crippen LogP contribution in [0.15, 0.2) is 95.2 Å². The average molecular weight is 458 g/mol. The quantitative estimate of drug-likeness (QED) is 0.226. The van der Waals surface area contributed by atoms with Crippen molar-refractivity contribution in [1.82, 2.24) is 20.2 Å². The highest BCUT2D eigenvalue weighted by atomic mass is 32.2. The van der Waals surface area contributed by atoms with Crippen LogP contribution in [0.25, 0.3) is 17.1 Å². The highest BCUT2D eigenvalue weighted by molar-refractivity contribution is 7.99. The number of nitrogens with one attached hydrogen (secondary N) is 1. The number of carbonyl (C=O) groups is 1. The summed E-state index contributed by atoms with van der Waals surface area (Å²) in [7, 11) is 0. The summed E-state index contributed by atoms with van der Waals surface area (Å²) in [6, 6.07) is 27.1. The number of aromatic nitrogens is 3. The highest BCUT2D eigenvalue weighted by Gasteiger charge is 2.17. The molecule has 0 aliphatic heterocycles. The first kappa shape index (κ1) is 22.3. The molecule has 0 spiro atoms. The van der Waals surface area contributed by atoms with Crippen molar-refractivity contribution in [3.63, 3.8) is 0 Å². The Morgan fingerprint density at radius 3 is 2.39 bits per heavy atom. The number of nitrogens with zero attached hydrogens (tertiary/aromatic N) is 4. The standard InChI is InChI=1S/C25H23N5O2S/c1-2-32-22-15-13-21(14-16-22)30-24(20-11-7-4-8-12-20)28-29-25(30)33-18-23(31)27-26-17-19-9-5-3-6-10-19/h3-17H,2,18H2,1H3,(H,27,31)/b26-17-. The van der Waals surface area contributed by atoms with Crippen LogP contribution in [0.4, 0.5) is 0 Å². The molecule has 0 fully saturated rings. The zero-order valence-corrected chi connectivity index (χ0v) is 18.9. The van der Waals surface area contributed by atoms with E-state index >= 15 is 0 Å². The lowest BCUT2D eigenvalue weighted by Crippen LogP contribution is -2.20. The van der Waals surface area contributed by atoms with Gasteiger partial charge in [-0.3, -0.25) is 9.36 Å². The van der Waals surface area contributed by atoms with Gasteiger partial charge in [-0.1, -0.05) is 72.4 Å². The Hall–Kier alpha value is -3.91. The molecule has 0 aliphatic rings. The van der Waals surface area contributed by atoms with Crippen molar-refractivity contribution in [3.05, 3.63) is 90.5 Å². The lowest BCUT2D eigenvalue weighted by Gasteiger charge is -2.11. The van der Waals surface area contributed by atoms with Crippen molar-refractivity contribution in [1.29, 1.82) is 0 Å². The van der Waals surface area contributed by atoms with E-state index < -0.39 is 0 Å². The molecule has 0 aliphatic carbocycles. The number of carbonyl (C=O) groups excluding carboxylic acids is 1. The third-order valence-electron chi connectivity index (χ3n) is 4.61. The summed E-state index contributed by atoms with van der Waals surface area (Å²) in [4.78, 5) is 12.3. The molecule has 1 aromatic heterocycles. The normalized spacial score (nSPS) is 10.9. The molecule has 0 radical (unpaired) electrons. The predicted molar refractivity (Wildman–Crippen MR) is 131 cm³/mol. The van der Waals surface area contributed by atoms with Gasteiger partial charge in [0.25, 0.3) is 5.91 Å². The first-order chi connectivity index (χ1) is 16.2. The van der Waals surface area contributed by atoms with Crippen molar-refractivity contribution < 1.29 is 9.53 Å². The smallest absolute Gasteiger partial charge is 0.250 e. The maximum absolute atomic E-state index is 12.3. The molecular weight excluding hydrogens is 434 g/mol. The minimum absolute atomic E-state index is 0.149. The maximum Gasteiger partial charge on any atom is 0.250 e. The van der Waals surface area contributed by atoms with Crippen LogP contribution < -0.4 is 10.2 Å². The number of thioether (sulfide) groups is 1. The fraction of sp³-hybridized carbons (Fsp3) is 0.120. The first-order valence-electron chi connectivity index (χ1n) is 10.5. The van der Waals surface area contributed by atoms with Gasteiger partial charge in [0.15, 0.2) is 11.0 Å². The fourth-order valence-electron chi connectivity index (χ4n) is 3.11. The zero-order valence-electron chi connectivity index (χ0n) is 18.1. The molecule has 166 valence electrons. The summed E-state index contributed by atoms with van der Waals surface area (Å²) in [6.45, 7) is 2.55. The minimum Gasteiger partial charge on any atom is -0.494 e. The van der Waals surface area contributed by atoms with E-state index in [2.05, 4.69) is 20.7 Å². The summed E-state index contributed by atoms with van der Waals surface area (Å²) >= 11 is 1.30. The number of hydrogen-bond acceptors (Lipinski definition) is 6. The zero-order chi connectivity index (χ0) is 22.9. The Bertz CT molecular complexity index is 1210. The molecule has 7 nitrogen and oxygen atoms in total. The Morgan fingerprint density at radius 2 is 1.70 bits per heavy atom.